The minimum atomic E-state index is 0.00980. The van der Waals surface area contributed by atoms with E-state index in [1.807, 2.05) is 6.07 Å². The van der Waals surface area contributed by atoms with E-state index in [0.29, 0.717) is 18.5 Å². The highest BCUT2D eigenvalue weighted by Crippen LogP contribution is 2.49. The molecule has 1 aliphatic heterocycles. The van der Waals surface area contributed by atoms with Gasteiger partial charge >= 0.3 is 0 Å². The third-order valence-electron chi connectivity index (χ3n) is 5.39. The molecule has 1 heterocycles. The van der Waals surface area contributed by atoms with Crippen LogP contribution in [-0.4, -0.2) is 43.5 Å². The average molecular weight is 412 g/mol. The van der Waals surface area contributed by atoms with Crippen LogP contribution in [0, 0.1) is 5.92 Å². The van der Waals surface area contributed by atoms with Gasteiger partial charge in [0.15, 0.2) is 0 Å². The summed E-state index contributed by atoms with van der Waals surface area (Å²) in [7, 11) is 2.15. The number of nitrogens with zero attached hydrogens (tertiary/aromatic N) is 2. The largest absolute Gasteiger partial charge is 0.352 e. The highest BCUT2D eigenvalue weighted by molar-refractivity contribution is 7.99. The number of anilines is 2. The number of likely N-dealkylation sites (N-methyl/N-ethyl adjacent to an activating group) is 1. The Kier molecular flexibility index (Phi) is 7.25. The Morgan fingerprint density at radius 3 is 2.55 bits per heavy atom. The van der Waals surface area contributed by atoms with Crippen molar-refractivity contribution in [2.24, 2.45) is 5.92 Å². The lowest BCUT2D eigenvalue weighted by molar-refractivity contribution is 0.0952. The van der Waals surface area contributed by atoms with Gasteiger partial charge in [-0.3, -0.25) is 4.79 Å². The number of amides is 1. The Hall–Kier alpha value is -1.98. The Morgan fingerprint density at radius 2 is 1.83 bits per heavy atom. The summed E-state index contributed by atoms with van der Waals surface area (Å²) in [5.74, 6) is 0.592. The fourth-order valence-electron chi connectivity index (χ4n) is 3.64. The Morgan fingerprint density at radius 1 is 1.10 bits per heavy atom. The van der Waals surface area contributed by atoms with Crippen molar-refractivity contribution in [3.8, 4) is 0 Å². The SMILES string of the molecule is CCN(C)C[C@@H](C)N1c2ccccc2Sc2ccc(C(=O)NCCC(C)C)cc21. The molecule has 3 rings (SSSR count). The number of hydrogen-bond acceptors (Lipinski definition) is 4. The van der Waals surface area contributed by atoms with E-state index in [2.05, 4.69) is 86.3 Å². The Balaban J connectivity index is 1.92. The minimum Gasteiger partial charge on any atom is -0.352 e. The van der Waals surface area contributed by atoms with Crippen LogP contribution in [0.3, 0.4) is 0 Å². The molecule has 2 aromatic carbocycles. The zero-order valence-electron chi connectivity index (χ0n) is 18.2. The smallest absolute Gasteiger partial charge is 0.251 e. The molecule has 1 amide bonds. The van der Waals surface area contributed by atoms with E-state index < -0.39 is 0 Å². The predicted octanol–water partition coefficient (Wildman–Crippen LogP) is 5.41. The van der Waals surface area contributed by atoms with Gasteiger partial charge in [-0.2, -0.15) is 0 Å². The zero-order valence-corrected chi connectivity index (χ0v) is 19.1. The third kappa shape index (κ3) is 5.14. The molecular formula is C24H33N3OS. The van der Waals surface area contributed by atoms with Crippen molar-refractivity contribution in [1.82, 2.24) is 10.2 Å². The van der Waals surface area contributed by atoms with Gasteiger partial charge < -0.3 is 15.1 Å². The normalized spacial score (nSPS) is 14.0. The van der Waals surface area contributed by atoms with Gasteiger partial charge in [0, 0.05) is 34.5 Å². The summed E-state index contributed by atoms with van der Waals surface area (Å²) in [6.07, 6.45) is 0.992. The molecule has 1 aliphatic rings. The third-order valence-corrected chi connectivity index (χ3v) is 6.52. The van der Waals surface area contributed by atoms with E-state index in [-0.39, 0.29) is 5.91 Å². The molecule has 2 aromatic rings. The summed E-state index contributed by atoms with van der Waals surface area (Å²) in [6, 6.07) is 14.9. The van der Waals surface area contributed by atoms with Crippen molar-refractivity contribution in [2.45, 2.75) is 49.9 Å². The lowest BCUT2D eigenvalue weighted by Crippen LogP contribution is -2.39. The number of hydrogen-bond donors (Lipinski definition) is 1. The maximum atomic E-state index is 12.7. The topological polar surface area (TPSA) is 35.6 Å². The molecule has 0 saturated heterocycles. The first kappa shape index (κ1) is 21.7. The standard InChI is InChI=1S/C24H33N3OS/c1-6-26(5)16-18(4)27-20-9-7-8-10-22(20)29-23-12-11-19(15-21(23)27)24(28)25-14-13-17(2)3/h7-12,15,17-18H,6,13-14,16H2,1-5H3,(H,25,28)/t18-/m1/s1. The minimum absolute atomic E-state index is 0.00980. The van der Waals surface area contributed by atoms with Crippen LogP contribution in [0.5, 0.6) is 0 Å². The van der Waals surface area contributed by atoms with Crippen molar-refractivity contribution >= 4 is 29.0 Å². The van der Waals surface area contributed by atoms with Crippen LogP contribution in [-0.2, 0) is 0 Å². The van der Waals surface area contributed by atoms with Gasteiger partial charge in [0.05, 0.1) is 11.4 Å². The van der Waals surface area contributed by atoms with E-state index in [1.54, 1.807) is 11.8 Å². The molecule has 0 aliphatic carbocycles. The van der Waals surface area contributed by atoms with Crippen LogP contribution >= 0.6 is 11.8 Å². The summed E-state index contributed by atoms with van der Waals surface area (Å²) in [5.41, 5.74) is 3.08. The molecule has 0 bridgehead atoms. The van der Waals surface area contributed by atoms with Crippen LogP contribution in [0.4, 0.5) is 11.4 Å². The molecule has 4 nitrogen and oxygen atoms in total. The summed E-state index contributed by atoms with van der Waals surface area (Å²) in [6.45, 7) is 11.5. The molecule has 156 valence electrons. The van der Waals surface area contributed by atoms with E-state index in [9.17, 15) is 4.79 Å². The van der Waals surface area contributed by atoms with Gasteiger partial charge in [0.2, 0.25) is 0 Å². The second kappa shape index (κ2) is 9.68. The van der Waals surface area contributed by atoms with Crippen molar-refractivity contribution < 1.29 is 4.79 Å². The van der Waals surface area contributed by atoms with E-state index in [0.717, 1.165) is 30.8 Å². The van der Waals surface area contributed by atoms with Gasteiger partial charge in [0.1, 0.15) is 0 Å². The molecule has 0 saturated carbocycles. The number of carbonyl (C=O) groups excluding carboxylic acids is 1. The number of para-hydroxylation sites is 1. The van der Waals surface area contributed by atoms with Crippen LogP contribution in [0.15, 0.2) is 52.3 Å². The van der Waals surface area contributed by atoms with Crippen molar-refractivity contribution in [1.29, 1.82) is 0 Å². The molecule has 0 spiro atoms. The second-order valence-corrected chi connectivity index (χ2v) is 9.35. The van der Waals surface area contributed by atoms with Gasteiger partial charge in [-0.1, -0.05) is 44.7 Å². The lowest BCUT2D eigenvalue weighted by Gasteiger charge is -2.38. The molecule has 5 heteroatoms. The molecule has 0 fully saturated rings. The number of fused-ring (bicyclic) bond motifs is 2. The number of nitrogens with one attached hydrogen (secondary N) is 1. The molecule has 1 N–H and O–H groups in total. The Labute approximate surface area is 179 Å². The van der Waals surface area contributed by atoms with Crippen LogP contribution in [0.2, 0.25) is 0 Å². The maximum absolute atomic E-state index is 12.7. The summed E-state index contributed by atoms with van der Waals surface area (Å²) >= 11 is 1.78. The van der Waals surface area contributed by atoms with Crippen LogP contribution in [0.1, 0.15) is 44.5 Å². The number of rotatable bonds is 8. The average Bonchev–Trinajstić information content (AvgIpc) is 2.70. The highest BCUT2D eigenvalue weighted by atomic mass is 32.2. The summed E-state index contributed by atoms with van der Waals surface area (Å²) in [5, 5.41) is 3.07. The highest BCUT2D eigenvalue weighted by Gasteiger charge is 2.28. The van der Waals surface area contributed by atoms with Crippen molar-refractivity contribution in [3.63, 3.8) is 0 Å². The maximum Gasteiger partial charge on any atom is 0.251 e. The second-order valence-electron chi connectivity index (χ2n) is 8.26. The molecule has 0 aromatic heterocycles. The summed E-state index contributed by atoms with van der Waals surface area (Å²) < 4.78 is 0. The van der Waals surface area contributed by atoms with Crippen molar-refractivity contribution in [3.05, 3.63) is 48.0 Å². The first-order chi connectivity index (χ1) is 13.9. The Bertz CT molecular complexity index is 852. The van der Waals surface area contributed by atoms with Gasteiger partial charge in [0.25, 0.3) is 5.91 Å². The number of carbonyl (C=O) groups is 1. The quantitative estimate of drug-likeness (QED) is 0.630. The van der Waals surface area contributed by atoms with Gasteiger partial charge in [-0.15, -0.1) is 0 Å². The fraction of sp³-hybridized carbons (Fsp3) is 0.458. The first-order valence-electron chi connectivity index (χ1n) is 10.6. The van der Waals surface area contributed by atoms with Gasteiger partial charge in [-0.25, -0.2) is 0 Å². The molecule has 0 unspecified atom stereocenters. The molecule has 0 radical (unpaired) electrons. The van der Waals surface area contributed by atoms with Crippen LogP contribution in [0.25, 0.3) is 0 Å². The zero-order chi connectivity index (χ0) is 21.0. The molecular weight excluding hydrogens is 378 g/mol. The molecule has 29 heavy (non-hydrogen) atoms. The molecule has 1 atom stereocenters. The monoisotopic (exact) mass is 411 g/mol. The lowest BCUT2D eigenvalue weighted by atomic mass is 10.1. The fourth-order valence-corrected chi connectivity index (χ4v) is 4.69. The van der Waals surface area contributed by atoms with Gasteiger partial charge in [-0.05, 0) is 63.2 Å². The van der Waals surface area contributed by atoms with E-state index in [4.69, 9.17) is 0 Å². The summed E-state index contributed by atoms with van der Waals surface area (Å²) in [4.78, 5) is 19.9. The van der Waals surface area contributed by atoms with Crippen LogP contribution < -0.4 is 10.2 Å². The van der Waals surface area contributed by atoms with E-state index in [1.165, 1.54) is 15.5 Å². The number of benzene rings is 2. The predicted molar refractivity (Wildman–Crippen MR) is 124 cm³/mol. The van der Waals surface area contributed by atoms with E-state index >= 15 is 0 Å². The van der Waals surface area contributed by atoms with Crippen molar-refractivity contribution in [2.75, 3.05) is 31.6 Å². The first-order valence-corrected chi connectivity index (χ1v) is 11.4.